The van der Waals surface area contributed by atoms with Crippen molar-refractivity contribution in [2.45, 2.75) is 31.8 Å². The minimum Gasteiger partial charge on any atom is -0.492 e. The molecule has 1 amide bonds. The molecule has 2 atom stereocenters. The minimum atomic E-state index is -0.769. The number of thiazole rings is 1. The van der Waals surface area contributed by atoms with Gasteiger partial charge in [-0.2, -0.15) is 0 Å². The van der Waals surface area contributed by atoms with Gasteiger partial charge in [0.1, 0.15) is 23.3 Å². The molecular formula is C24H22FN3O3S. The Morgan fingerprint density at radius 2 is 2.03 bits per heavy atom. The predicted molar refractivity (Wildman–Crippen MR) is 120 cm³/mol. The van der Waals surface area contributed by atoms with Gasteiger partial charge >= 0.3 is 0 Å². The number of ether oxygens (including phenoxy) is 1. The first-order valence-corrected chi connectivity index (χ1v) is 11.4. The molecule has 0 aliphatic carbocycles. The Morgan fingerprint density at radius 1 is 1.25 bits per heavy atom. The number of amides is 1. The number of hydrogen-bond donors (Lipinski definition) is 2. The molecule has 2 aliphatic rings. The van der Waals surface area contributed by atoms with Crippen molar-refractivity contribution in [2.75, 3.05) is 13.2 Å². The summed E-state index contributed by atoms with van der Waals surface area (Å²) in [4.78, 5) is 32.0. The van der Waals surface area contributed by atoms with Gasteiger partial charge in [0.2, 0.25) is 5.78 Å². The van der Waals surface area contributed by atoms with E-state index in [0.717, 1.165) is 35.5 Å². The van der Waals surface area contributed by atoms with Crippen molar-refractivity contribution in [1.82, 2.24) is 15.6 Å². The van der Waals surface area contributed by atoms with Crippen LogP contribution in [0.2, 0.25) is 0 Å². The van der Waals surface area contributed by atoms with E-state index in [2.05, 4.69) is 15.6 Å². The van der Waals surface area contributed by atoms with Gasteiger partial charge in [-0.25, -0.2) is 9.37 Å². The Balaban J connectivity index is 1.46. The predicted octanol–water partition coefficient (Wildman–Crippen LogP) is 3.54. The highest BCUT2D eigenvalue weighted by atomic mass is 32.1. The molecule has 0 saturated carbocycles. The molecule has 2 N–H and O–H groups in total. The van der Waals surface area contributed by atoms with Crippen molar-refractivity contribution in [3.05, 3.63) is 70.1 Å². The maximum atomic E-state index is 13.6. The molecule has 0 bridgehead atoms. The number of para-hydroxylation sites is 1. The van der Waals surface area contributed by atoms with Crippen LogP contribution in [0.4, 0.5) is 4.39 Å². The number of benzene rings is 2. The van der Waals surface area contributed by atoms with Crippen LogP contribution in [-0.2, 0) is 6.42 Å². The first kappa shape index (κ1) is 20.8. The van der Waals surface area contributed by atoms with E-state index in [1.807, 2.05) is 19.1 Å². The summed E-state index contributed by atoms with van der Waals surface area (Å²) in [5.41, 5.74) is 2.45. The third-order valence-corrected chi connectivity index (χ3v) is 6.89. The average Bonchev–Trinajstić information content (AvgIpc) is 3.38. The highest BCUT2D eigenvalue weighted by Gasteiger charge is 2.37. The number of fused-ring (bicyclic) bond motifs is 1. The van der Waals surface area contributed by atoms with Crippen LogP contribution in [0.1, 0.15) is 37.8 Å². The number of carbonyl (C=O) groups is 2. The van der Waals surface area contributed by atoms with Crippen molar-refractivity contribution in [3.63, 3.8) is 0 Å². The van der Waals surface area contributed by atoms with Crippen LogP contribution in [0.5, 0.6) is 5.75 Å². The SMILES string of the molecule is Cc1nc(C(=O)C(NC(=O)c2cccc3c2OCC3)C2CCN2)c(-c2ccc(F)cc2)s1. The van der Waals surface area contributed by atoms with Gasteiger partial charge in [-0.3, -0.25) is 9.59 Å². The maximum absolute atomic E-state index is 13.6. The van der Waals surface area contributed by atoms with E-state index < -0.39 is 6.04 Å². The maximum Gasteiger partial charge on any atom is 0.255 e. The fraction of sp³-hybridized carbons (Fsp3) is 0.292. The highest BCUT2D eigenvalue weighted by Crippen LogP contribution is 2.33. The van der Waals surface area contributed by atoms with E-state index in [1.165, 1.54) is 23.5 Å². The number of ketones is 1. The van der Waals surface area contributed by atoms with Gasteiger partial charge in [0.25, 0.3) is 5.91 Å². The zero-order valence-electron chi connectivity index (χ0n) is 17.5. The van der Waals surface area contributed by atoms with Gasteiger partial charge in [-0.15, -0.1) is 11.3 Å². The molecule has 3 aromatic rings. The zero-order chi connectivity index (χ0) is 22.2. The van der Waals surface area contributed by atoms with E-state index in [1.54, 1.807) is 18.2 Å². The molecule has 5 rings (SSSR count). The number of nitrogens with one attached hydrogen (secondary N) is 2. The quantitative estimate of drug-likeness (QED) is 0.561. The molecule has 1 fully saturated rings. The summed E-state index contributed by atoms with van der Waals surface area (Å²) in [6, 6.07) is 10.5. The Kier molecular flexibility index (Phi) is 5.48. The van der Waals surface area contributed by atoms with Crippen LogP contribution >= 0.6 is 11.3 Å². The van der Waals surface area contributed by atoms with Gasteiger partial charge in [-0.1, -0.05) is 24.3 Å². The van der Waals surface area contributed by atoms with Crippen LogP contribution in [0.15, 0.2) is 42.5 Å². The molecule has 1 saturated heterocycles. The summed E-state index contributed by atoms with van der Waals surface area (Å²) < 4.78 is 19.1. The number of hydrogen-bond acceptors (Lipinski definition) is 6. The molecule has 6 nitrogen and oxygen atoms in total. The number of rotatable bonds is 6. The van der Waals surface area contributed by atoms with Crippen molar-refractivity contribution < 1.29 is 18.7 Å². The lowest BCUT2D eigenvalue weighted by molar-refractivity contribution is 0.0808. The van der Waals surface area contributed by atoms with Crippen molar-refractivity contribution in [1.29, 1.82) is 0 Å². The van der Waals surface area contributed by atoms with E-state index >= 15 is 0 Å². The van der Waals surface area contributed by atoms with E-state index in [9.17, 15) is 14.0 Å². The first-order chi connectivity index (χ1) is 15.5. The molecule has 2 unspecified atom stereocenters. The van der Waals surface area contributed by atoms with Crippen LogP contribution in [0.25, 0.3) is 10.4 Å². The van der Waals surface area contributed by atoms with Crippen LogP contribution < -0.4 is 15.4 Å². The fourth-order valence-corrected chi connectivity index (χ4v) is 5.02. The molecule has 0 spiro atoms. The molecule has 1 aromatic heterocycles. The molecule has 3 heterocycles. The second-order valence-electron chi connectivity index (χ2n) is 7.97. The zero-order valence-corrected chi connectivity index (χ0v) is 18.3. The van der Waals surface area contributed by atoms with E-state index in [4.69, 9.17) is 4.74 Å². The van der Waals surface area contributed by atoms with Gasteiger partial charge in [0.05, 0.1) is 22.1 Å². The number of halogens is 1. The smallest absolute Gasteiger partial charge is 0.255 e. The largest absolute Gasteiger partial charge is 0.492 e. The Labute approximate surface area is 188 Å². The Hall–Kier alpha value is -3.10. The lowest BCUT2D eigenvalue weighted by atomic mass is 9.92. The molecule has 2 aliphatic heterocycles. The van der Waals surface area contributed by atoms with Crippen LogP contribution in [-0.4, -0.2) is 41.9 Å². The summed E-state index contributed by atoms with van der Waals surface area (Å²) in [5.74, 6) is -0.350. The van der Waals surface area contributed by atoms with Gasteiger partial charge in [0, 0.05) is 12.5 Å². The lowest BCUT2D eigenvalue weighted by Crippen LogP contribution is -2.60. The van der Waals surface area contributed by atoms with E-state index in [0.29, 0.717) is 28.5 Å². The Morgan fingerprint density at radius 3 is 2.75 bits per heavy atom. The number of carbonyl (C=O) groups excluding carboxylic acids is 2. The summed E-state index contributed by atoms with van der Waals surface area (Å²) in [6.45, 7) is 3.16. The molecule has 164 valence electrons. The van der Waals surface area contributed by atoms with Crippen LogP contribution in [0.3, 0.4) is 0 Å². The summed E-state index contributed by atoms with van der Waals surface area (Å²) in [7, 11) is 0. The summed E-state index contributed by atoms with van der Waals surface area (Å²) in [6.07, 6.45) is 1.54. The Bertz CT molecular complexity index is 1190. The van der Waals surface area contributed by atoms with Gasteiger partial charge < -0.3 is 15.4 Å². The summed E-state index contributed by atoms with van der Waals surface area (Å²) >= 11 is 1.38. The van der Waals surface area contributed by atoms with Crippen molar-refractivity contribution in [3.8, 4) is 16.2 Å². The minimum absolute atomic E-state index is 0.174. The second-order valence-corrected chi connectivity index (χ2v) is 9.18. The monoisotopic (exact) mass is 451 g/mol. The van der Waals surface area contributed by atoms with Crippen molar-refractivity contribution in [2.24, 2.45) is 0 Å². The number of nitrogens with zero attached hydrogens (tertiary/aromatic N) is 1. The third-order valence-electron chi connectivity index (χ3n) is 5.87. The first-order valence-electron chi connectivity index (χ1n) is 10.6. The van der Waals surface area contributed by atoms with Gasteiger partial charge in [0.15, 0.2) is 0 Å². The number of aromatic nitrogens is 1. The topological polar surface area (TPSA) is 80.3 Å². The van der Waals surface area contributed by atoms with Gasteiger partial charge in [-0.05, 0) is 49.2 Å². The highest BCUT2D eigenvalue weighted by molar-refractivity contribution is 7.15. The van der Waals surface area contributed by atoms with E-state index in [-0.39, 0.29) is 23.5 Å². The number of aryl methyl sites for hydroxylation is 1. The second kappa shape index (κ2) is 8.44. The molecule has 32 heavy (non-hydrogen) atoms. The molecule has 0 radical (unpaired) electrons. The third kappa shape index (κ3) is 3.80. The molecule has 8 heteroatoms. The normalized spacial score (nSPS) is 17.8. The molecular weight excluding hydrogens is 429 g/mol. The van der Waals surface area contributed by atoms with Crippen molar-refractivity contribution >= 4 is 23.0 Å². The molecule has 2 aromatic carbocycles. The average molecular weight is 452 g/mol. The fourth-order valence-electron chi connectivity index (χ4n) is 4.10. The lowest BCUT2D eigenvalue weighted by Gasteiger charge is -2.34. The van der Waals surface area contributed by atoms with Crippen LogP contribution in [0, 0.1) is 12.7 Å². The summed E-state index contributed by atoms with van der Waals surface area (Å²) in [5, 5.41) is 6.90. The standard InChI is InChI=1S/C24H22FN3O3S/c1-13-27-20(23(32-13)15-5-7-16(25)8-6-15)21(29)19(18-9-11-26-18)28-24(30)17-4-2-3-14-10-12-31-22(14)17/h2-8,18-19,26H,9-12H2,1H3,(H,28,30). The number of Topliss-reactive ketones (excluding diaryl/α,β-unsaturated/α-hetero) is 1.